The fourth-order valence-corrected chi connectivity index (χ4v) is 4.75. The highest BCUT2D eigenvalue weighted by Gasteiger charge is 2.20. The molecule has 3 amide bonds. The van der Waals surface area contributed by atoms with Crippen LogP contribution in [-0.4, -0.2) is 43.4 Å². The van der Waals surface area contributed by atoms with Crippen LogP contribution in [0.25, 0.3) is 0 Å². The van der Waals surface area contributed by atoms with Gasteiger partial charge in [-0.05, 0) is 61.4 Å². The molecule has 0 fully saturated rings. The van der Waals surface area contributed by atoms with Gasteiger partial charge in [-0.15, -0.1) is 11.8 Å². The second kappa shape index (κ2) is 17.2. The summed E-state index contributed by atoms with van der Waals surface area (Å²) in [6.45, 7) is 3.50. The van der Waals surface area contributed by atoms with Gasteiger partial charge in [0.1, 0.15) is 5.75 Å². The number of amides is 3. The SMILES string of the molecule is CCCCCCCCCCOc1ccc(N(C(N)=O)c2cc(C(=O)NCCSC)ccc2SC)cc1. The lowest BCUT2D eigenvalue weighted by Crippen LogP contribution is -2.32. The van der Waals surface area contributed by atoms with E-state index in [-0.39, 0.29) is 5.91 Å². The molecular weight excluding hydrogens is 490 g/mol. The number of anilines is 2. The van der Waals surface area contributed by atoms with Gasteiger partial charge in [0, 0.05) is 22.8 Å². The van der Waals surface area contributed by atoms with Crippen LogP contribution in [0.1, 0.15) is 68.6 Å². The van der Waals surface area contributed by atoms with Crippen LogP contribution >= 0.6 is 23.5 Å². The maximum Gasteiger partial charge on any atom is 0.323 e. The van der Waals surface area contributed by atoms with Crippen molar-refractivity contribution in [3.63, 3.8) is 0 Å². The van der Waals surface area contributed by atoms with E-state index in [1.807, 2.05) is 42.8 Å². The maximum atomic E-state index is 12.6. The van der Waals surface area contributed by atoms with Crippen molar-refractivity contribution in [3.8, 4) is 5.75 Å². The smallest absolute Gasteiger partial charge is 0.323 e. The first-order valence-corrected chi connectivity index (χ1v) is 15.4. The maximum absolute atomic E-state index is 12.6. The van der Waals surface area contributed by atoms with Crippen molar-refractivity contribution >= 4 is 46.8 Å². The van der Waals surface area contributed by atoms with Crippen molar-refractivity contribution < 1.29 is 14.3 Å². The van der Waals surface area contributed by atoms with Crippen LogP contribution in [-0.2, 0) is 0 Å². The lowest BCUT2D eigenvalue weighted by Gasteiger charge is -2.24. The number of urea groups is 1. The van der Waals surface area contributed by atoms with E-state index in [1.54, 1.807) is 23.9 Å². The standard InChI is InChI=1S/C28H41N3O3S2/c1-4-5-6-7-8-9-10-11-19-34-24-15-13-23(14-16-24)31(28(29)33)25-21-22(12-17-26(25)36-3)27(32)30-18-20-35-2/h12-17,21H,4-11,18-20H2,1-3H3,(H2,29,33)(H,30,32). The molecule has 0 atom stereocenters. The molecule has 0 aromatic heterocycles. The van der Waals surface area contributed by atoms with E-state index in [1.165, 1.54) is 61.6 Å². The van der Waals surface area contributed by atoms with E-state index in [2.05, 4.69) is 12.2 Å². The summed E-state index contributed by atoms with van der Waals surface area (Å²) < 4.78 is 5.90. The Morgan fingerprint density at radius 1 is 0.944 bits per heavy atom. The molecule has 0 heterocycles. The Labute approximate surface area is 225 Å². The molecule has 2 aromatic rings. The predicted molar refractivity (Wildman–Crippen MR) is 155 cm³/mol. The lowest BCUT2D eigenvalue weighted by atomic mass is 10.1. The largest absolute Gasteiger partial charge is 0.494 e. The predicted octanol–water partition coefficient (Wildman–Crippen LogP) is 7.24. The molecule has 3 N–H and O–H groups in total. The molecule has 2 aromatic carbocycles. The molecule has 6 nitrogen and oxygen atoms in total. The number of hydrogen-bond acceptors (Lipinski definition) is 5. The highest BCUT2D eigenvalue weighted by atomic mass is 32.2. The summed E-state index contributed by atoms with van der Waals surface area (Å²) in [5, 5.41) is 2.91. The van der Waals surface area contributed by atoms with Crippen LogP contribution in [0.2, 0.25) is 0 Å². The van der Waals surface area contributed by atoms with Crippen LogP contribution in [0, 0.1) is 0 Å². The van der Waals surface area contributed by atoms with Crippen LogP contribution in [0.3, 0.4) is 0 Å². The number of nitrogens with zero attached hydrogens (tertiary/aromatic N) is 1. The van der Waals surface area contributed by atoms with Crippen molar-refractivity contribution in [2.45, 2.75) is 63.2 Å². The van der Waals surface area contributed by atoms with Crippen molar-refractivity contribution in [3.05, 3.63) is 48.0 Å². The fraction of sp³-hybridized carbons (Fsp3) is 0.500. The molecule has 0 spiro atoms. The Balaban J connectivity index is 2.02. The quantitative estimate of drug-likeness (QED) is 0.166. The molecule has 0 saturated heterocycles. The Hall–Kier alpha value is -2.32. The molecule has 0 radical (unpaired) electrons. The first-order valence-electron chi connectivity index (χ1n) is 12.8. The van der Waals surface area contributed by atoms with Gasteiger partial charge < -0.3 is 15.8 Å². The molecule has 198 valence electrons. The minimum absolute atomic E-state index is 0.174. The zero-order valence-electron chi connectivity index (χ0n) is 21.9. The average molecular weight is 532 g/mol. The van der Waals surface area contributed by atoms with Gasteiger partial charge in [0.15, 0.2) is 0 Å². The summed E-state index contributed by atoms with van der Waals surface area (Å²) in [5.74, 6) is 1.42. The minimum Gasteiger partial charge on any atom is -0.494 e. The Kier molecular flexibility index (Phi) is 14.3. The molecule has 0 saturated carbocycles. The van der Waals surface area contributed by atoms with E-state index in [0.717, 1.165) is 22.8 Å². The van der Waals surface area contributed by atoms with E-state index in [0.29, 0.717) is 30.1 Å². The van der Waals surface area contributed by atoms with Gasteiger partial charge in [-0.2, -0.15) is 11.8 Å². The van der Waals surface area contributed by atoms with Gasteiger partial charge in [0.25, 0.3) is 5.91 Å². The van der Waals surface area contributed by atoms with Crippen molar-refractivity contribution in [2.75, 3.05) is 36.3 Å². The van der Waals surface area contributed by atoms with Crippen LogP contribution in [0.15, 0.2) is 47.4 Å². The third-order valence-corrected chi connectivity index (χ3v) is 7.25. The Bertz CT molecular complexity index is 938. The number of carbonyl (C=O) groups excluding carboxylic acids is 2. The summed E-state index contributed by atoms with van der Waals surface area (Å²) in [7, 11) is 0. The Morgan fingerprint density at radius 3 is 2.22 bits per heavy atom. The van der Waals surface area contributed by atoms with Crippen LogP contribution in [0.4, 0.5) is 16.2 Å². The number of benzene rings is 2. The number of thioether (sulfide) groups is 2. The zero-order chi connectivity index (χ0) is 26.2. The Morgan fingerprint density at radius 2 is 1.61 bits per heavy atom. The highest BCUT2D eigenvalue weighted by molar-refractivity contribution is 7.98. The van der Waals surface area contributed by atoms with Crippen molar-refractivity contribution in [1.82, 2.24) is 5.32 Å². The fourth-order valence-electron chi connectivity index (χ4n) is 3.88. The van der Waals surface area contributed by atoms with Gasteiger partial charge in [0.05, 0.1) is 18.0 Å². The molecule has 36 heavy (non-hydrogen) atoms. The molecule has 0 aliphatic rings. The zero-order valence-corrected chi connectivity index (χ0v) is 23.5. The molecule has 0 bridgehead atoms. The first kappa shape index (κ1) is 29.9. The highest BCUT2D eigenvalue weighted by Crippen LogP contribution is 2.35. The van der Waals surface area contributed by atoms with E-state index in [4.69, 9.17) is 10.5 Å². The topological polar surface area (TPSA) is 84.7 Å². The van der Waals surface area contributed by atoms with Gasteiger partial charge in [-0.1, -0.05) is 51.9 Å². The minimum atomic E-state index is -0.613. The van der Waals surface area contributed by atoms with Gasteiger partial charge in [-0.3, -0.25) is 9.69 Å². The first-order chi connectivity index (χ1) is 17.5. The monoisotopic (exact) mass is 531 g/mol. The molecule has 2 rings (SSSR count). The number of unbranched alkanes of at least 4 members (excludes halogenated alkanes) is 7. The molecule has 0 aliphatic heterocycles. The lowest BCUT2D eigenvalue weighted by molar-refractivity contribution is 0.0956. The summed E-state index contributed by atoms with van der Waals surface area (Å²) in [5.41, 5.74) is 7.49. The van der Waals surface area contributed by atoms with Gasteiger partial charge in [0.2, 0.25) is 0 Å². The molecule has 0 unspecified atom stereocenters. The summed E-state index contributed by atoms with van der Waals surface area (Å²) >= 11 is 3.16. The number of rotatable bonds is 17. The second-order valence-corrected chi connectivity index (χ2v) is 10.5. The number of hydrogen-bond donors (Lipinski definition) is 2. The van der Waals surface area contributed by atoms with E-state index >= 15 is 0 Å². The van der Waals surface area contributed by atoms with Crippen LogP contribution < -0.4 is 20.7 Å². The number of ether oxygens (including phenoxy) is 1. The van der Waals surface area contributed by atoms with E-state index in [9.17, 15) is 9.59 Å². The second-order valence-electron chi connectivity index (χ2n) is 8.63. The summed E-state index contributed by atoms with van der Waals surface area (Å²) in [6, 6.07) is 12.1. The number of carbonyl (C=O) groups is 2. The van der Waals surface area contributed by atoms with E-state index < -0.39 is 6.03 Å². The van der Waals surface area contributed by atoms with Gasteiger partial charge >= 0.3 is 6.03 Å². The molecule has 0 aliphatic carbocycles. The number of nitrogens with two attached hydrogens (primary N) is 1. The summed E-state index contributed by atoms with van der Waals surface area (Å²) in [6.07, 6.45) is 14.0. The van der Waals surface area contributed by atoms with Crippen LogP contribution in [0.5, 0.6) is 5.75 Å². The van der Waals surface area contributed by atoms with Gasteiger partial charge in [-0.25, -0.2) is 4.79 Å². The third kappa shape index (κ3) is 9.97. The number of nitrogens with one attached hydrogen (secondary N) is 1. The van der Waals surface area contributed by atoms with Crippen molar-refractivity contribution in [1.29, 1.82) is 0 Å². The molecular formula is C28H41N3O3S2. The number of primary amides is 1. The summed E-state index contributed by atoms with van der Waals surface area (Å²) in [4.78, 5) is 27.4. The third-order valence-electron chi connectivity index (χ3n) is 5.86. The van der Waals surface area contributed by atoms with Crippen molar-refractivity contribution in [2.24, 2.45) is 5.73 Å². The molecule has 8 heteroatoms. The normalized spacial score (nSPS) is 10.8. The average Bonchev–Trinajstić information content (AvgIpc) is 2.88.